The van der Waals surface area contributed by atoms with Crippen molar-refractivity contribution in [1.29, 1.82) is 0 Å². The Balaban J connectivity index is 2.04. The maximum Gasteiger partial charge on any atom is 0.264 e. The zero-order valence-electron chi connectivity index (χ0n) is 17.8. The summed E-state index contributed by atoms with van der Waals surface area (Å²) in [5.74, 6) is 0.245. The number of benzene rings is 3. The number of nitrogens with one attached hydrogen (secondary N) is 1. The summed E-state index contributed by atoms with van der Waals surface area (Å²) in [6, 6.07) is 18.3. The van der Waals surface area contributed by atoms with Crippen LogP contribution in [0.1, 0.15) is 5.56 Å². The van der Waals surface area contributed by atoms with Crippen LogP contribution < -0.4 is 19.1 Å². The second kappa shape index (κ2) is 10.1. The fraction of sp³-hybridized carbons (Fsp3) is 0.174. The average Bonchev–Trinajstić information content (AvgIpc) is 2.79. The monoisotopic (exact) mass is 518 g/mol. The van der Waals surface area contributed by atoms with Gasteiger partial charge in [-0.15, -0.1) is 0 Å². The first-order valence-corrected chi connectivity index (χ1v) is 11.9. The van der Waals surface area contributed by atoms with Crippen LogP contribution in [0.5, 0.6) is 11.5 Å². The lowest BCUT2D eigenvalue weighted by atomic mass is 10.2. The van der Waals surface area contributed by atoms with Crippen molar-refractivity contribution in [3.05, 3.63) is 76.8 Å². The molecule has 32 heavy (non-hydrogen) atoms. The minimum Gasteiger partial charge on any atom is -0.497 e. The Labute approximate surface area is 196 Å². The van der Waals surface area contributed by atoms with Crippen LogP contribution in [-0.4, -0.2) is 35.1 Å². The van der Waals surface area contributed by atoms with Crippen molar-refractivity contribution in [3.63, 3.8) is 0 Å². The molecule has 0 aliphatic rings. The van der Waals surface area contributed by atoms with Crippen LogP contribution in [0, 0.1) is 6.92 Å². The van der Waals surface area contributed by atoms with Gasteiger partial charge in [0.2, 0.25) is 5.91 Å². The number of halogens is 1. The van der Waals surface area contributed by atoms with Crippen molar-refractivity contribution in [3.8, 4) is 11.5 Å². The zero-order valence-corrected chi connectivity index (χ0v) is 20.2. The zero-order chi connectivity index (χ0) is 23.3. The number of hydrogen-bond donors (Lipinski definition) is 1. The Morgan fingerprint density at radius 1 is 1.00 bits per heavy atom. The summed E-state index contributed by atoms with van der Waals surface area (Å²) in [7, 11) is -1.15. The number of hydrogen-bond acceptors (Lipinski definition) is 5. The number of carbonyl (C=O) groups excluding carboxylic acids is 1. The van der Waals surface area contributed by atoms with Crippen LogP contribution in [-0.2, 0) is 14.8 Å². The van der Waals surface area contributed by atoms with Crippen molar-refractivity contribution in [2.24, 2.45) is 0 Å². The Morgan fingerprint density at radius 3 is 2.31 bits per heavy atom. The second-order valence-electron chi connectivity index (χ2n) is 6.89. The molecule has 0 aliphatic carbocycles. The third-order valence-corrected chi connectivity index (χ3v) is 7.17. The maximum absolute atomic E-state index is 13.6. The van der Waals surface area contributed by atoms with Gasteiger partial charge in [0.05, 0.1) is 30.5 Å². The van der Waals surface area contributed by atoms with Gasteiger partial charge in [0, 0.05) is 10.5 Å². The highest BCUT2D eigenvalue weighted by atomic mass is 79.9. The van der Waals surface area contributed by atoms with E-state index in [1.54, 1.807) is 48.5 Å². The fourth-order valence-corrected chi connectivity index (χ4v) is 4.83. The van der Waals surface area contributed by atoms with Crippen LogP contribution in [0.4, 0.5) is 11.4 Å². The van der Waals surface area contributed by atoms with Gasteiger partial charge in [-0.25, -0.2) is 8.42 Å². The Bertz CT molecular complexity index is 1210. The van der Waals surface area contributed by atoms with Crippen molar-refractivity contribution in [2.75, 3.05) is 30.4 Å². The number of methoxy groups -OCH3 is 2. The van der Waals surface area contributed by atoms with E-state index in [1.807, 2.05) is 13.0 Å². The third-order valence-electron chi connectivity index (χ3n) is 4.70. The van der Waals surface area contributed by atoms with Crippen LogP contribution in [0.15, 0.2) is 76.1 Å². The van der Waals surface area contributed by atoms with Gasteiger partial charge in [-0.2, -0.15) is 0 Å². The lowest BCUT2D eigenvalue weighted by Crippen LogP contribution is -2.38. The first-order valence-electron chi connectivity index (χ1n) is 9.62. The highest BCUT2D eigenvalue weighted by Gasteiger charge is 2.30. The molecule has 0 atom stereocenters. The largest absolute Gasteiger partial charge is 0.497 e. The summed E-state index contributed by atoms with van der Waals surface area (Å²) < 4.78 is 39.5. The number of rotatable bonds is 8. The summed E-state index contributed by atoms with van der Waals surface area (Å²) in [4.78, 5) is 13.0. The molecule has 0 unspecified atom stereocenters. The molecule has 7 nitrogen and oxygen atoms in total. The molecule has 0 aliphatic heterocycles. The smallest absolute Gasteiger partial charge is 0.264 e. The summed E-state index contributed by atoms with van der Waals surface area (Å²) in [5.41, 5.74) is 1.67. The average molecular weight is 519 g/mol. The van der Waals surface area contributed by atoms with E-state index < -0.39 is 22.5 Å². The molecule has 1 amide bonds. The third kappa shape index (κ3) is 5.23. The molecule has 9 heteroatoms. The van der Waals surface area contributed by atoms with Gasteiger partial charge >= 0.3 is 0 Å². The van der Waals surface area contributed by atoms with E-state index in [2.05, 4.69) is 21.2 Å². The summed E-state index contributed by atoms with van der Waals surface area (Å²) >= 11 is 3.38. The molecule has 0 aromatic heterocycles. The van der Waals surface area contributed by atoms with Crippen LogP contribution in [0.3, 0.4) is 0 Å². The number of ether oxygens (including phenoxy) is 2. The van der Waals surface area contributed by atoms with E-state index in [-0.39, 0.29) is 16.3 Å². The van der Waals surface area contributed by atoms with E-state index >= 15 is 0 Å². The molecule has 3 aromatic carbocycles. The minimum atomic E-state index is -4.08. The Morgan fingerprint density at radius 2 is 1.69 bits per heavy atom. The predicted octanol–water partition coefficient (Wildman–Crippen LogP) is 4.61. The van der Waals surface area contributed by atoms with Gasteiger partial charge in [0.1, 0.15) is 18.0 Å². The lowest BCUT2D eigenvalue weighted by molar-refractivity contribution is -0.114. The standard InChI is InChI=1S/C23H23BrN2O5S/c1-16-8-11-18(12-9-16)32(28,29)26(21-13-10-17(30-2)14-22(21)31-3)15-23(27)25-20-7-5-4-6-19(20)24/h4-14H,15H2,1-3H3,(H,25,27). The number of aryl methyl sites for hydroxylation is 1. The molecule has 3 rings (SSSR count). The van der Waals surface area contributed by atoms with Gasteiger partial charge in [-0.05, 0) is 59.3 Å². The molecular formula is C23H23BrN2O5S. The van der Waals surface area contributed by atoms with Gasteiger partial charge < -0.3 is 14.8 Å². The Hall–Kier alpha value is -3.04. The van der Waals surface area contributed by atoms with Crippen LogP contribution >= 0.6 is 15.9 Å². The first-order chi connectivity index (χ1) is 15.3. The van der Waals surface area contributed by atoms with E-state index in [9.17, 15) is 13.2 Å². The number of anilines is 2. The number of nitrogens with zero attached hydrogens (tertiary/aromatic N) is 1. The SMILES string of the molecule is COc1ccc(N(CC(=O)Nc2ccccc2Br)S(=O)(=O)c2ccc(C)cc2)c(OC)c1. The first kappa shape index (κ1) is 23.6. The maximum atomic E-state index is 13.6. The van der Waals surface area contributed by atoms with Crippen LogP contribution in [0.25, 0.3) is 0 Å². The van der Waals surface area contributed by atoms with E-state index in [1.165, 1.54) is 26.4 Å². The molecule has 3 aromatic rings. The molecule has 0 bridgehead atoms. The van der Waals surface area contributed by atoms with Gasteiger partial charge in [-0.1, -0.05) is 29.8 Å². The number of para-hydroxylation sites is 1. The van der Waals surface area contributed by atoms with Crippen molar-refractivity contribution >= 4 is 43.2 Å². The molecule has 0 heterocycles. The van der Waals surface area contributed by atoms with E-state index in [4.69, 9.17) is 9.47 Å². The topological polar surface area (TPSA) is 84.9 Å². The predicted molar refractivity (Wildman–Crippen MR) is 128 cm³/mol. The van der Waals surface area contributed by atoms with E-state index in [0.717, 1.165) is 9.87 Å². The molecule has 1 N–H and O–H groups in total. The fourth-order valence-electron chi connectivity index (χ4n) is 3.01. The van der Waals surface area contributed by atoms with Gasteiger partial charge in [0.15, 0.2) is 0 Å². The highest BCUT2D eigenvalue weighted by molar-refractivity contribution is 9.10. The highest BCUT2D eigenvalue weighted by Crippen LogP contribution is 2.35. The number of carbonyl (C=O) groups is 1. The number of sulfonamides is 1. The molecule has 0 saturated heterocycles. The van der Waals surface area contributed by atoms with Gasteiger partial charge in [0.25, 0.3) is 10.0 Å². The molecule has 0 saturated carbocycles. The second-order valence-corrected chi connectivity index (χ2v) is 9.61. The summed E-state index contributed by atoms with van der Waals surface area (Å²) in [6.07, 6.45) is 0. The van der Waals surface area contributed by atoms with E-state index in [0.29, 0.717) is 15.9 Å². The van der Waals surface area contributed by atoms with Crippen molar-refractivity contribution in [1.82, 2.24) is 0 Å². The van der Waals surface area contributed by atoms with Crippen molar-refractivity contribution in [2.45, 2.75) is 11.8 Å². The van der Waals surface area contributed by atoms with Crippen LogP contribution in [0.2, 0.25) is 0 Å². The quantitative estimate of drug-likeness (QED) is 0.470. The molecule has 0 radical (unpaired) electrons. The summed E-state index contributed by atoms with van der Waals surface area (Å²) in [5, 5.41) is 2.75. The minimum absolute atomic E-state index is 0.0645. The van der Waals surface area contributed by atoms with Crippen molar-refractivity contribution < 1.29 is 22.7 Å². The normalized spacial score (nSPS) is 11.0. The molecule has 0 spiro atoms. The molecular weight excluding hydrogens is 496 g/mol. The molecule has 0 fully saturated rings. The lowest BCUT2D eigenvalue weighted by Gasteiger charge is -2.26. The summed E-state index contributed by atoms with van der Waals surface area (Å²) in [6.45, 7) is 1.41. The molecule has 168 valence electrons. The van der Waals surface area contributed by atoms with Gasteiger partial charge in [-0.3, -0.25) is 9.10 Å². The Kier molecular flexibility index (Phi) is 7.42. The number of amides is 1.